The van der Waals surface area contributed by atoms with E-state index < -0.39 is 12.3 Å². The number of hydrogen-bond donors (Lipinski definition) is 0. The van der Waals surface area contributed by atoms with E-state index in [4.69, 9.17) is 32.7 Å². The van der Waals surface area contributed by atoms with Crippen LogP contribution in [0.3, 0.4) is 0 Å². The van der Waals surface area contributed by atoms with Crippen LogP contribution in [-0.2, 0) is 9.47 Å². The van der Waals surface area contributed by atoms with Crippen molar-refractivity contribution in [2.75, 3.05) is 26.2 Å². The fourth-order valence-electron chi connectivity index (χ4n) is 5.25. The number of ketones is 1. The van der Waals surface area contributed by atoms with Gasteiger partial charge >= 0.3 is 6.16 Å². The van der Waals surface area contributed by atoms with Crippen LogP contribution < -0.4 is 0 Å². The van der Waals surface area contributed by atoms with E-state index >= 15 is 0 Å². The van der Waals surface area contributed by atoms with Gasteiger partial charge in [-0.1, -0.05) is 53.5 Å². The van der Waals surface area contributed by atoms with Crippen molar-refractivity contribution in [3.63, 3.8) is 0 Å². The molecule has 5 nitrogen and oxygen atoms in total. The zero-order chi connectivity index (χ0) is 24.4. The molecule has 2 aromatic carbocycles. The van der Waals surface area contributed by atoms with Gasteiger partial charge in [0, 0.05) is 28.8 Å². The van der Waals surface area contributed by atoms with E-state index in [0.717, 1.165) is 41.9 Å². The third-order valence-electron chi connectivity index (χ3n) is 7.12. The van der Waals surface area contributed by atoms with Crippen LogP contribution in [0.2, 0.25) is 10.0 Å². The molecule has 3 fully saturated rings. The largest absolute Gasteiger partial charge is 0.509 e. The predicted molar refractivity (Wildman–Crippen MR) is 137 cm³/mol. The third-order valence-corrected chi connectivity index (χ3v) is 8.54. The van der Waals surface area contributed by atoms with Crippen LogP contribution in [0.15, 0.2) is 66.0 Å². The monoisotopic (exact) mass is 530 g/mol. The summed E-state index contributed by atoms with van der Waals surface area (Å²) < 4.78 is 12.4. The maximum Gasteiger partial charge on any atom is 0.509 e. The topological polar surface area (TPSA) is 52.6 Å². The van der Waals surface area contributed by atoms with Crippen molar-refractivity contribution in [2.45, 2.75) is 25.0 Å². The molecule has 0 amide bonds. The maximum atomic E-state index is 13.0. The second-order valence-corrected chi connectivity index (χ2v) is 11.2. The van der Waals surface area contributed by atoms with Crippen molar-refractivity contribution in [3.05, 3.63) is 92.1 Å². The van der Waals surface area contributed by atoms with Gasteiger partial charge in [-0.2, -0.15) is 0 Å². The van der Waals surface area contributed by atoms with Crippen LogP contribution in [-0.4, -0.2) is 48.7 Å². The maximum absolute atomic E-state index is 13.0. The summed E-state index contributed by atoms with van der Waals surface area (Å²) in [6.45, 7) is 2.97. The summed E-state index contributed by atoms with van der Waals surface area (Å²) in [7, 11) is 0. The number of hydrogen-bond acceptors (Lipinski definition) is 5. The number of piperidine rings is 3. The molecule has 8 heteroatoms. The minimum Gasteiger partial charge on any atom is -0.425 e. The van der Waals surface area contributed by atoms with Crippen molar-refractivity contribution in [1.82, 2.24) is 0 Å². The molecule has 2 bridgehead atoms. The van der Waals surface area contributed by atoms with Gasteiger partial charge in [0.1, 0.15) is 13.1 Å². The van der Waals surface area contributed by atoms with Crippen molar-refractivity contribution in [2.24, 2.45) is 5.92 Å². The molecule has 3 aliphatic rings. The van der Waals surface area contributed by atoms with Crippen molar-refractivity contribution >= 4 is 46.5 Å². The Hall–Kier alpha value is -2.38. The number of fused-ring (bicyclic) bond motifs is 3. The van der Waals surface area contributed by atoms with Gasteiger partial charge in [0.2, 0.25) is 5.78 Å². The number of thiophene rings is 1. The number of carbonyl (C=O) groups is 2. The number of ether oxygens (including phenoxy) is 2. The lowest BCUT2D eigenvalue weighted by atomic mass is 9.83. The third kappa shape index (κ3) is 5.56. The highest BCUT2D eigenvalue weighted by atomic mass is 35.5. The molecule has 4 heterocycles. The van der Waals surface area contributed by atoms with E-state index in [2.05, 4.69) is 0 Å². The van der Waals surface area contributed by atoms with Gasteiger partial charge in [-0.25, -0.2) is 4.79 Å². The first-order valence-electron chi connectivity index (χ1n) is 11.7. The van der Waals surface area contributed by atoms with E-state index in [1.807, 2.05) is 41.8 Å². The van der Waals surface area contributed by atoms with Crippen molar-refractivity contribution < 1.29 is 23.5 Å². The van der Waals surface area contributed by atoms with E-state index in [9.17, 15) is 9.59 Å². The fraction of sp³-hybridized carbons (Fsp3) is 0.333. The summed E-state index contributed by atoms with van der Waals surface area (Å²) in [5, 5.41) is 3.13. The van der Waals surface area contributed by atoms with E-state index in [0.29, 0.717) is 33.5 Å². The SMILES string of the molecule is O=C(OC(c1ccc(Cl)cc1)c1ccc(Cl)cc1)OC1C[N+]2(CC(=O)c3cccs3)CCC1CC2. The Bertz CT molecular complexity index is 1130. The quantitative estimate of drug-likeness (QED) is 0.191. The predicted octanol–water partition coefficient (Wildman–Crippen LogP) is 6.79. The van der Waals surface area contributed by atoms with Crippen LogP contribution in [0.5, 0.6) is 0 Å². The number of carbonyl (C=O) groups excluding carboxylic acids is 2. The summed E-state index contributed by atoms with van der Waals surface area (Å²) in [5.41, 5.74) is 1.57. The van der Waals surface area contributed by atoms with Gasteiger partial charge < -0.3 is 14.0 Å². The summed E-state index contributed by atoms with van der Waals surface area (Å²) >= 11 is 13.6. The first-order valence-corrected chi connectivity index (χ1v) is 13.3. The average Bonchev–Trinajstić information content (AvgIpc) is 3.40. The second-order valence-electron chi connectivity index (χ2n) is 9.37. The Kier molecular flexibility index (Phi) is 7.17. The smallest absolute Gasteiger partial charge is 0.425 e. The van der Waals surface area contributed by atoms with Crippen LogP contribution in [0, 0.1) is 5.92 Å². The lowest BCUT2D eigenvalue weighted by Crippen LogP contribution is -2.65. The van der Waals surface area contributed by atoms with Crippen LogP contribution in [0.1, 0.15) is 39.7 Å². The number of Topliss-reactive ketones (excluding diaryl/α,β-unsaturated/α-hetero) is 1. The molecule has 0 saturated carbocycles. The Morgan fingerprint density at radius 1 is 0.943 bits per heavy atom. The molecule has 1 aromatic heterocycles. The van der Waals surface area contributed by atoms with Crippen molar-refractivity contribution in [1.29, 1.82) is 0 Å². The minimum atomic E-state index is -0.707. The normalized spacial score (nSPS) is 23.3. The number of benzene rings is 2. The van der Waals surface area contributed by atoms with Gasteiger partial charge in [-0.05, 0) is 46.8 Å². The highest BCUT2D eigenvalue weighted by Gasteiger charge is 2.49. The van der Waals surface area contributed by atoms with E-state index in [1.165, 1.54) is 11.3 Å². The Balaban J connectivity index is 1.29. The number of quaternary nitrogens is 1. The molecule has 0 aliphatic carbocycles. The summed E-state index contributed by atoms with van der Waals surface area (Å²) in [6, 6.07) is 18.2. The van der Waals surface area contributed by atoms with Gasteiger partial charge in [-0.15, -0.1) is 11.3 Å². The summed E-state index contributed by atoms with van der Waals surface area (Å²) in [6.07, 6.45) is 0.251. The molecule has 0 N–H and O–H groups in total. The Morgan fingerprint density at radius 3 is 2.09 bits per heavy atom. The standard InChI is InChI=1S/C27H26Cl2NO4S/c28-21-7-3-19(4-8-21)26(20-5-9-22(29)10-6-20)34-27(32)33-24-17-30(13-11-18(24)12-14-30)16-23(31)25-2-1-15-35-25/h1-10,15,18,24,26H,11-14,16-17H2/q+1. The molecule has 6 rings (SSSR count). The average molecular weight is 531 g/mol. The second kappa shape index (κ2) is 10.3. The van der Waals surface area contributed by atoms with Gasteiger partial charge in [0.05, 0.1) is 18.0 Å². The molecule has 3 aliphatic heterocycles. The summed E-state index contributed by atoms with van der Waals surface area (Å²) in [5.74, 6) is 0.455. The lowest BCUT2D eigenvalue weighted by molar-refractivity contribution is -0.938. The zero-order valence-corrected chi connectivity index (χ0v) is 21.4. The highest BCUT2D eigenvalue weighted by molar-refractivity contribution is 7.12. The van der Waals surface area contributed by atoms with E-state index in [1.54, 1.807) is 24.3 Å². The fourth-order valence-corrected chi connectivity index (χ4v) is 6.16. The van der Waals surface area contributed by atoms with E-state index in [-0.39, 0.29) is 11.9 Å². The van der Waals surface area contributed by atoms with Gasteiger partial charge in [0.15, 0.2) is 12.2 Å². The van der Waals surface area contributed by atoms with Crippen LogP contribution in [0.25, 0.3) is 0 Å². The lowest BCUT2D eigenvalue weighted by Gasteiger charge is -2.51. The number of halogens is 2. The van der Waals surface area contributed by atoms with Crippen LogP contribution >= 0.6 is 34.5 Å². The molecular formula is C27H26Cl2NO4S+. The molecular weight excluding hydrogens is 505 g/mol. The Morgan fingerprint density at radius 2 is 1.54 bits per heavy atom. The highest BCUT2D eigenvalue weighted by Crippen LogP contribution is 2.37. The van der Waals surface area contributed by atoms with Crippen LogP contribution in [0.4, 0.5) is 4.79 Å². The Labute approximate surface area is 218 Å². The molecule has 1 unspecified atom stereocenters. The molecule has 0 radical (unpaired) electrons. The van der Waals surface area contributed by atoms with Gasteiger partial charge in [-0.3, -0.25) is 4.79 Å². The number of rotatable bonds is 7. The molecule has 182 valence electrons. The first kappa shape index (κ1) is 24.3. The summed E-state index contributed by atoms with van der Waals surface area (Å²) in [4.78, 5) is 26.6. The number of nitrogens with zero attached hydrogens (tertiary/aromatic N) is 1. The van der Waals surface area contributed by atoms with Gasteiger partial charge in [0.25, 0.3) is 0 Å². The minimum absolute atomic E-state index is 0.159. The van der Waals surface area contributed by atoms with Crippen molar-refractivity contribution in [3.8, 4) is 0 Å². The molecule has 3 aromatic rings. The zero-order valence-electron chi connectivity index (χ0n) is 19.1. The molecule has 3 saturated heterocycles. The first-order chi connectivity index (χ1) is 16.9. The molecule has 0 spiro atoms. The molecule has 35 heavy (non-hydrogen) atoms. The molecule has 1 atom stereocenters.